The van der Waals surface area contributed by atoms with Crippen molar-refractivity contribution in [2.24, 2.45) is 5.41 Å². The fourth-order valence-corrected chi connectivity index (χ4v) is 2.75. The Labute approximate surface area is 116 Å². The lowest BCUT2D eigenvalue weighted by Crippen LogP contribution is -2.21. The van der Waals surface area contributed by atoms with Crippen LogP contribution in [0.4, 0.5) is 0 Å². The molecule has 0 radical (unpaired) electrons. The van der Waals surface area contributed by atoms with Gasteiger partial charge < -0.3 is 0 Å². The number of alkyl halides is 1. The normalized spacial score (nSPS) is 14.8. The summed E-state index contributed by atoms with van der Waals surface area (Å²) in [4.78, 5) is 0. The van der Waals surface area contributed by atoms with Crippen LogP contribution in [-0.4, -0.2) is 5.33 Å². The van der Waals surface area contributed by atoms with Crippen molar-refractivity contribution in [3.05, 3.63) is 33.8 Å². The first kappa shape index (κ1) is 14.3. The molecule has 1 unspecified atom stereocenters. The lowest BCUT2D eigenvalue weighted by molar-refractivity contribution is 0.340. The highest BCUT2D eigenvalue weighted by Crippen LogP contribution is 2.32. The molecule has 16 heavy (non-hydrogen) atoms. The molecule has 0 spiro atoms. The van der Waals surface area contributed by atoms with E-state index >= 15 is 0 Å². The lowest BCUT2D eigenvalue weighted by atomic mass is 9.82. The molecule has 1 aromatic carbocycles. The summed E-state index contributed by atoms with van der Waals surface area (Å²) in [6.45, 7) is 4.52. The highest BCUT2D eigenvalue weighted by atomic mass is 79.9. The minimum Gasteiger partial charge on any atom is -0.0922 e. The zero-order valence-corrected chi connectivity index (χ0v) is 12.8. The van der Waals surface area contributed by atoms with Gasteiger partial charge in [0.15, 0.2) is 0 Å². The van der Waals surface area contributed by atoms with E-state index in [2.05, 4.69) is 35.8 Å². The number of hydrogen-bond donors (Lipinski definition) is 0. The molecule has 0 nitrogen and oxygen atoms in total. The molecule has 90 valence electrons. The molecule has 0 fully saturated rings. The van der Waals surface area contributed by atoms with E-state index in [-0.39, 0.29) is 0 Å². The smallest absolute Gasteiger partial charge is 0.0595 e. The van der Waals surface area contributed by atoms with Crippen molar-refractivity contribution in [3.8, 4) is 0 Å². The van der Waals surface area contributed by atoms with E-state index in [0.29, 0.717) is 15.5 Å². The Morgan fingerprint density at radius 1 is 1.25 bits per heavy atom. The van der Waals surface area contributed by atoms with Crippen molar-refractivity contribution in [1.82, 2.24) is 0 Å². The second-order valence-corrected chi connectivity index (χ2v) is 5.99. The van der Waals surface area contributed by atoms with Crippen LogP contribution >= 0.6 is 39.1 Å². The summed E-state index contributed by atoms with van der Waals surface area (Å²) in [7, 11) is 0. The summed E-state index contributed by atoms with van der Waals surface area (Å²) in [6, 6.07) is 5.91. The van der Waals surface area contributed by atoms with Gasteiger partial charge in [-0.25, -0.2) is 0 Å². The van der Waals surface area contributed by atoms with Gasteiger partial charge in [-0.1, -0.05) is 65.5 Å². The molecule has 0 heterocycles. The van der Waals surface area contributed by atoms with Gasteiger partial charge in [-0.3, -0.25) is 0 Å². The molecule has 3 heteroatoms. The lowest BCUT2D eigenvalue weighted by Gasteiger charge is -2.27. The average Bonchev–Trinajstić information content (AvgIpc) is 2.24. The van der Waals surface area contributed by atoms with Crippen molar-refractivity contribution < 1.29 is 0 Å². The summed E-state index contributed by atoms with van der Waals surface area (Å²) < 4.78 is 0. The molecule has 0 aliphatic heterocycles. The van der Waals surface area contributed by atoms with Gasteiger partial charge >= 0.3 is 0 Å². The largest absolute Gasteiger partial charge is 0.0922 e. The Hall–Kier alpha value is 0.280. The first-order chi connectivity index (χ1) is 7.50. The van der Waals surface area contributed by atoms with Crippen LogP contribution < -0.4 is 0 Å². The molecule has 0 amide bonds. The maximum Gasteiger partial charge on any atom is 0.0595 e. The fourth-order valence-electron chi connectivity index (χ4n) is 1.95. The van der Waals surface area contributed by atoms with E-state index in [1.807, 2.05) is 12.1 Å². The summed E-state index contributed by atoms with van der Waals surface area (Å²) in [5, 5.41) is 2.28. The Morgan fingerprint density at radius 3 is 2.44 bits per heavy atom. The van der Waals surface area contributed by atoms with Crippen molar-refractivity contribution in [2.75, 3.05) is 5.33 Å². The summed E-state index contributed by atoms with van der Waals surface area (Å²) in [5.74, 6) is 0. The topological polar surface area (TPSA) is 0 Å². The molecule has 0 saturated heterocycles. The molecule has 0 aliphatic rings. The van der Waals surface area contributed by atoms with Gasteiger partial charge in [-0.2, -0.15) is 0 Å². The van der Waals surface area contributed by atoms with E-state index in [1.54, 1.807) is 0 Å². The molecular formula is C13H17BrCl2. The van der Waals surface area contributed by atoms with Crippen molar-refractivity contribution in [3.63, 3.8) is 0 Å². The third kappa shape index (κ3) is 3.94. The molecule has 0 aliphatic carbocycles. The van der Waals surface area contributed by atoms with Gasteiger partial charge in [-0.15, -0.1) is 0 Å². The fraction of sp³-hybridized carbons (Fsp3) is 0.538. The monoisotopic (exact) mass is 322 g/mol. The van der Waals surface area contributed by atoms with E-state index in [4.69, 9.17) is 23.2 Å². The van der Waals surface area contributed by atoms with E-state index in [9.17, 15) is 0 Å². The molecule has 1 rings (SSSR count). The van der Waals surface area contributed by atoms with Gasteiger partial charge in [-0.05, 0) is 36.0 Å². The first-order valence-electron chi connectivity index (χ1n) is 5.50. The van der Waals surface area contributed by atoms with Crippen LogP contribution in [0.3, 0.4) is 0 Å². The van der Waals surface area contributed by atoms with Crippen LogP contribution in [0.25, 0.3) is 0 Å². The zero-order valence-electron chi connectivity index (χ0n) is 9.69. The maximum atomic E-state index is 6.02. The van der Waals surface area contributed by atoms with E-state index in [0.717, 1.165) is 11.8 Å². The molecular weight excluding hydrogens is 307 g/mol. The minimum atomic E-state index is 0.298. The Balaban J connectivity index is 2.81. The minimum absolute atomic E-state index is 0.298. The van der Waals surface area contributed by atoms with Crippen LogP contribution in [0, 0.1) is 5.41 Å². The SMILES string of the molecule is CCCC(C)(CBr)Cc1ccc(Cl)c(Cl)c1. The van der Waals surface area contributed by atoms with Gasteiger partial charge in [0.2, 0.25) is 0 Å². The Morgan fingerprint density at radius 2 is 1.94 bits per heavy atom. The van der Waals surface area contributed by atoms with Crippen LogP contribution in [-0.2, 0) is 6.42 Å². The van der Waals surface area contributed by atoms with Crippen molar-refractivity contribution >= 4 is 39.1 Å². The number of rotatable bonds is 5. The third-order valence-corrected chi connectivity index (χ3v) is 4.88. The first-order valence-corrected chi connectivity index (χ1v) is 7.38. The van der Waals surface area contributed by atoms with Gasteiger partial charge in [0.1, 0.15) is 0 Å². The molecule has 0 saturated carbocycles. The average molecular weight is 324 g/mol. The number of halogens is 3. The standard InChI is InChI=1S/C13H17BrCl2/c1-3-6-13(2,9-14)8-10-4-5-11(15)12(16)7-10/h4-5,7H,3,6,8-9H2,1-2H3. The van der Waals surface area contributed by atoms with Crippen molar-refractivity contribution in [1.29, 1.82) is 0 Å². The van der Waals surface area contributed by atoms with Crippen molar-refractivity contribution in [2.45, 2.75) is 33.1 Å². The van der Waals surface area contributed by atoms with Gasteiger partial charge in [0.05, 0.1) is 10.0 Å². The van der Waals surface area contributed by atoms with Gasteiger partial charge in [0.25, 0.3) is 0 Å². The van der Waals surface area contributed by atoms with E-state index < -0.39 is 0 Å². The summed E-state index contributed by atoms with van der Waals surface area (Å²) in [5.41, 5.74) is 1.55. The maximum absolute atomic E-state index is 6.02. The highest BCUT2D eigenvalue weighted by Gasteiger charge is 2.22. The van der Waals surface area contributed by atoms with Crippen LogP contribution in [0.5, 0.6) is 0 Å². The Bertz CT molecular complexity index is 352. The second kappa shape index (κ2) is 6.28. The summed E-state index contributed by atoms with van der Waals surface area (Å²) in [6.07, 6.45) is 3.44. The van der Waals surface area contributed by atoms with Gasteiger partial charge in [0, 0.05) is 5.33 Å². The number of hydrogen-bond acceptors (Lipinski definition) is 0. The third-order valence-electron chi connectivity index (χ3n) is 2.79. The molecule has 0 aromatic heterocycles. The highest BCUT2D eigenvalue weighted by molar-refractivity contribution is 9.09. The quantitative estimate of drug-likeness (QED) is 0.606. The molecule has 1 aromatic rings. The predicted molar refractivity (Wildman–Crippen MR) is 77.0 cm³/mol. The predicted octanol–water partition coefficient (Wildman–Crippen LogP) is 5.74. The second-order valence-electron chi connectivity index (χ2n) is 4.62. The Kier molecular flexibility index (Phi) is 5.63. The van der Waals surface area contributed by atoms with E-state index in [1.165, 1.54) is 18.4 Å². The molecule has 0 N–H and O–H groups in total. The molecule has 0 bridgehead atoms. The van der Waals surface area contributed by atoms with Crippen LogP contribution in [0.15, 0.2) is 18.2 Å². The number of benzene rings is 1. The van der Waals surface area contributed by atoms with Crippen LogP contribution in [0.1, 0.15) is 32.3 Å². The zero-order chi connectivity index (χ0) is 12.2. The summed E-state index contributed by atoms with van der Waals surface area (Å²) >= 11 is 15.5. The van der Waals surface area contributed by atoms with Crippen LogP contribution in [0.2, 0.25) is 10.0 Å². The molecule has 1 atom stereocenters.